The third-order valence-electron chi connectivity index (χ3n) is 5.53. The molecule has 3 heterocycles. The van der Waals surface area contributed by atoms with Crippen LogP contribution in [-0.4, -0.2) is 56.2 Å². The summed E-state index contributed by atoms with van der Waals surface area (Å²) in [5.74, 6) is 0.209. The number of benzene rings is 1. The van der Waals surface area contributed by atoms with Crippen molar-refractivity contribution >= 4 is 28.9 Å². The highest BCUT2D eigenvalue weighted by atomic mass is 16.2. The molecule has 1 aromatic heterocycles. The molecule has 0 radical (unpaired) electrons. The Kier molecular flexibility index (Phi) is 3.94. The number of fused-ring (bicyclic) bond motifs is 1. The number of rotatable bonds is 3. The first kappa shape index (κ1) is 17.5. The number of likely N-dealkylation sites (tertiary alicyclic amines) is 1. The molecule has 2 aliphatic rings. The number of hydrogen-bond acceptors (Lipinski definition) is 4. The summed E-state index contributed by atoms with van der Waals surface area (Å²) in [6, 6.07) is 5.35. The van der Waals surface area contributed by atoms with Crippen LogP contribution in [0.15, 0.2) is 18.2 Å². The second-order valence-electron chi connectivity index (χ2n) is 7.79. The number of imide groups is 1. The van der Waals surface area contributed by atoms with Gasteiger partial charge in [0.25, 0.3) is 5.91 Å². The minimum atomic E-state index is -1.03. The Morgan fingerprint density at radius 3 is 2.81 bits per heavy atom. The molecular formula is C19H23N5O3. The highest BCUT2D eigenvalue weighted by molar-refractivity contribution is 6.07. The van der Waals surface area contributed by atoms with Gasteiger partial charge < -0.3 is 14.8 Å². The lowest BCUT2D eigenvalue weighted by Crippen LogP contribution is -2.49. The quantitative estimate of drug-likeness (QED) is 0.807. The highest BCUT2D eigenvalue weighted by Crippen LogP contribution is 2.32. The Hall–Kier alpha value is -2.90. The fraction of sp³-hybridized carbons (Fsp3) is 0.474. The number of aromatic amines is 1. The number of aromatic nitrogens is 2. The first-order valence-electron chi connectivity index (χ1n) is 9.16. The molecular weight excluding hydrogens is 346 g/mol. The monoisotopic (exact) mass is 369 g/mol. The summed E-state index contributed by atoms with van der Waals surface area (Å²) in [7, 11) is 0. The van der Waals surface area contributed by atoms with E-state index in [0.717, 1.165) is 35.3 Å². The van der Waals surface area contributed by atoms with Gasteiger partial charge in [-0.05, 0) is 51.3 Å². The average molecular weight is 369 g/mol. The van der Waals surface area contributed by atoms with E-state index >= 15 is 0 Å². The summed E-state index contributed by atoms with van der Waals surface area (Å²) in [5, 5.41) is 2.28. The molecule has 27 heavy (non-hydrogen) atoms. The lowest BCUT2D eigenvalue weighted by Gasteiger charge is -2.30. The van der Waals surface area contributed by atoms with Crippen LogP contribution in [0.25, 0.3) is 11.0 Å². The van der Waals surface area contributed by atoms with Crippen LogP contribution in [0.2, 0.25) is 0 Å². The minimum absolute atomic E-state index is 0.125. The summed E-state index contributed by atoms with van der Waals surface area (Å²) in [6.07, 6.45) is 1.69. The molecule has 0 saturated carbocycles. The molecule has 0 spiro atoms. The first-order valence-corrected chi connectivity index (χ1v) is 9.16. The Labute approximate surface area is 156 Å². The molecule has 8 heteroatoms. The van der Waals surface area contributed by atoms with E-state index in [1.807, 2.05) is 25.1 Å². The molecule has 2 saturated heterocycles. The topological polar surface area (TPSA) is 98.4 Å². The Balaban J connectivity index is 1.56. The van der Waals surface area contributed by atoms with Crippen LogP contribution in [0.5, 0.6) is 0 Å². The van der Waals surface area contributed by atoms with E-state index in [1.165, 1.54) is 4.90 Å². The van der Waals surface area contributed by atoms with Crippen molar-refractivity contribution in [3.05, 3.63) is 29.6 Å². The fourth-order valence-electron chi connectivity index (χ4n) is 3.84. The van der Waals surface area contributed by atoms with Crippen molar-refractivity contribution < 1.29 is 14.4 Å². The molecule has 8 nitrogen and oxygen atoms in total. The van der Waals surface area contributed by atoms with E-state index in [1.54, 1.807) is 18.7 Å². The zero-order valence-corrected chi connectivity index (χ0v) is 15.7. The normalized spacial score (nSPS) is 22.0. The number of urea groups is 1. The molecule has 4 rings (SSSR count). The van der Waals surface area contributed by atoms with Gasteiger partial charge in [-0.1, -0.05) is 6.07 Å². The van der Waals surface area contributed by atoms with Gasteiger partial charge in [0.2, 0.25) is 5.91 Å². The maximum absolute atomic E-state index is 12.9. The van der Waals surface area contributed by atoms with Gasteiger partial charge in [-0.15, -0.1) is 0 Å². The number of aryl methyl sites for hydroxylation is 1. The lowest BCUT2D eigenvalue weighted by molar-refractivity contribution is -0.134. The summed E-state index contributed by atoms with van der Waals surface area (Å²) in [4.78, 5) is 48.0. The zero-order chi connectivity index (χ0) is 19.3. The fourth-order valence-corrected chi connectivity index (χ4v) is 3.84. The van der Waals surface area contributed by atoms with E-state index < -0.39 is 11.6 Å². The summed E-state index contributed by atoms with van der Waals surface area (Å²) >= 11 is 0. The van der Waals surface area contributed by atoms with Gasteiger partial charge >= 0.3 is 6.03 Å². The second kappa shape index (κ2) is 6.07. The van der Waals surface area contributed by atoms with Gasteiger partial charge in [0.1, 0.15) is 17.9 Å². The number of carbonyl (C=O) groups excluding carboxylic acids is 3. The number of nitrogens with zero attached hydrogens (tertiary/aromatic N) is 3. The van der Waals surface area contributed by atoms with Gasteiger partial charge in [-0.2, -0.15) is 0 Å². The van der Waals surface area contributed by atoms with Crippen molar-refractivity contribution in [2.24, 2.45) is 0 Å². The number of amides is 4. The molecule has 1 atom stereocenters. The molecule has 2 aromatic rings. The molecule has 2 N–H and O–H groups in total. The van der Waals surface area contributed by atoms with Crippen molar-refractivity contribution in [3.63, 3.8) is 0 Å². The Morgan fingerprint density at radius 2 is 2.11 bits per heavy atom. The highest BCUT2D eigenvalue weighted by Gasteiger charge is 2.47. The van der Waals surface area contributed by atoms with Crippen LogP contribution < -0.4 is 5.32 Å². The Bertz CT molecular complexity index is 948. The third-order valence-corrected chi connectivity index (χ3v) is 5.53. The number of H-pyrrole nitrogens is 1. The second-order valence-corrected chi connectivity index (χ2v) is 7.79. The van der Waals surface area contributed by atoms with Crippen LogP contribution in [0.3, 0.4) is 0 Å². The Morgan fingerprint density at radius 1 is 1.33 bits per heavy atom. The van der Waals surface area contributed by atoms with Crippen molar-refractivity contribution in [2.45, 2.75) is 45.2 Å². The molecule has 2 aliphatic heterocycles. The maximum atomic E-state index is 12.9. The number of hydrogen-bond donors (Lipinski definition) is 2. The molecule has 0 unspecified atom stereocenters. The van der Waals surface area contributed by atoms with Gasteiger partial charge in [0, 0.05) is 6.54 Å². The van der Waals surface area contributed by atoms with Crippen molar-refractivity contribution in [3.8, 4) is 0 Å². The molecule has 4 amide bonds. The zero-order valence-electron chi connectivity index (χ0n) is 15.7. The van der Waals surface area contributed by atoms with Crippen LogP contribution in [-0.2, 0) is 9.59 Å². The summed E-state index contributed by atoms with van der Waals surface area (Å²) < 4.78 is 0. The van der Waals surface area contributed by atoms with Gasteiger partial charge in [-0.3, -0.25) is 14.9 Å². The first-order chi connectivity index (χ1) is 12.8. The van der Waals surface area contributed by atoms with Crippen molar-refractivity contribution in [1.29, 1.82) is 0 Å². The van der Waals surface area contributed by atoms with Crippen molar-refractivity contribution in [2.75, 3.05) is 13.1 Å². The maximum Gasteiger partial charge on any atom is 0.325 e. The predicted molar refractivity (Wildman–Crippen MR) is 98.8 cm³/mol. The molecule has 142 valence electrons. The van der Waals surface area contributed by atoms with Gasteiger partial charge in [0.15, 0.2) is 0 Å². The number of imidazole rings is 1. The summed E-state index contributed by atoms with van der Waals surface area (Å²) in [6.45, 7) is 5.80. The SMILES string of the molecule is Cc1ccc2nc([C@@H]3CCCN3C(=O)CN3C(=O)NC(=O)C3(C)C)[nH]c2c1. The standard InChI is InChI=1S/C19H23N5O3/c1-11-6-7-12-13(9-11)21-16(20-12)14-5-4-8-23(14)15(25)10-24-18(27)22-17(26)19(24,2)3/h6-7,9,14H,4-5,8,10H2,1-3H3,(H,20,21)(H,22,26,27)/t14-/m0/s1. The lowest BCUT2D eigenvalue weighted by atomic mass is 10.0. The van der Waals surface area contributed by atoms with E-state index in [9.17, 15) is 14.4 Å². The van der Waals surface area contributed by atoms with Gasteiger partial charge in [-0.25, -0.2) is 9.78 Å². The molecule has 1 aromatic carbocycles. The van der Waals surface area contributed by atoms with Crippen LogP contribution in [0.4, 0.5) is 4.79 Å². The molecule has 0 aliphatic carbocycles. The minimum Gasteiger partial charge on any atom is -0.340 e. The molecule has 2 fully saturated rings. The van der Waals surface area contributed by atoms with Crippen LogP contribution >= 0.6 is 0 Å². The average Bonchev–Trinajstić information content (AvgIpc) is 3.28. The number of carbonyl (C=O) groups is 3. The van der Waals surface area contributed by atoms with E-state index in [4.69, 9.17) is 0 Å². The van der Waals surface area contributed by atoms with Crippen LogP contribution in [0, 0.1) is 6.92 Å². The number of nitrogens with one attached hydrogen (secondary N) is 2. The smallest absolute Gasteiger partial charge is 0.325 e. The molecule has 0 bridgehead atoms. The van der Waals surface area contributed by atoms with E-state index in [0.29, 0.717) is 6.54 Å². The summed E-state index contributed by atoms with van der Waals surface area (Å²) in [5.41, 5.74) is 1.94. The van der Waals surface area contributed by atoms with E-state index in [2.05, 4.69) is 15.3 Å². The van der Waals surface area contributed by atoms with Crippen molar-refractivity contribution in [1.82, 2.24) is 25.1 Å². The van der Waals surface area contributed by atoms with Crippen LogP contribution in [0.1, 0.15) is 44.1 Å². The van der Waals surface area contributed by atoms with Gasteiger partial charge in [0.05, 0.1) is 17.1 Å². The predicted octanol–water partition coefficient (Wildman–Crippen LogP) is 1.87. The van der Waals surface area contributed by atoms with E-state index in [-0.39, 0.29) is 24.4 Å². The third kappa shape index (κ3) is 2.85. The largest absolute Gasteiger partial charge is 0.340 e.